The number of amides is 4. The first kappa shape index (κ1) is 36.5. The summed E-state index contributed by atoms with van der Waals surface area (Å²) in [6.45, 7) is 3.87. The number of methoxy groups -OCH3 is 1. The van der Waals surface area contributed by atoms with E-state index >= 15 is 0 Å². The van der Waals surface area contributed by atoms with Crippen LogP contribution in [-0.2, 0) is 24.0 Å². The SMILES string of the molecule is C=C[C@@H]1C[C@]1(NC(=O)[C@@H]1C[C@@H](Oc2cc(-c3ccccc3)nc3cc(OC)ccc23)CN1C(=O)[C@H](CNC(=O)/C=C/CN(C)C)NC=O)C(=O)O. The molecule has 3 aromatic rings. The molecule has 0 unspecified atom stereocenters. The fourth-order valence-corrected chi connectivity index (χ4v) is 6.16. The Labute approximate surface area is 295 Å². The normalized spacial score (nSPS) is 21.6. The van der Waals surface area contributed by atoms with E-state index < -0.39 is 53.3 Å². The van der Waals surface area contributed by atoms with E-state index in [2.05, 4.69) is 22.5 Å². The smallest absolute Gasteiger partial charge is 0.330 e. The lowest BCUT2D eigenvalue weighted by molar-refractivity contribution is -0.145. The van der Waals surface area contributed by atoms with Gasteiger partial charge in [-0.2, -0.15) is 0 Å². The molecule has 2 aromatic carbocycles. The Morgan fingerprint density at radius 3 is 2.57 bits per heavy atom. The Balaban J connectivity index is 1.44. The van der Waals surface area contributed by atoms with Gasteiger partial charge in [-0.15, -0.1) is 6.58 Å². The molecule has 4 amide bonds. The number of likely N-dealkylation sites (N-methyl/N-ethyl adjacent to an activating group) is 1. The summed E-state index contributed by atoms with van der Waals surface area (Å²) < 4.78 is 12.0. The second kappa shape index (κ2) is 15.9. The van der Waals surface area contributed by atoms with Crippen LogP contribution in [0.2, 0.25) is 0 Å². The topological polar surface area (TPSA) is 180 Å². The largest absolute Gasteiger partial charge is 0.497 e. The van der Waals surface area contributed by atoms with E-state index in [-0.39, 0.29) is 25.9 Å². The summed E-state index contributed by atoms with van der Waals surface area (Å²) in [6, 6.07) is 14.3. The molecule has 0 radical (unpaired) electrons. The molecule has 1 aromatic heterocycles. The Bertz CT molecular complexity index is 1830. The van der Waals surface area contributed by atoms with Crippen LogP contribution in [0.1, 0.15) is 12.8 Å². The number of benzene rings is 2. The zero-order valence-corrected chi connectivity index (χ0v) is 28.7. The van der Waals surface area contributed by atoms with Crippen LogP contribution in [0.5, 0.6) is 11.5 Å². The summed E-state index contributed by atoms with van der Waals surface area (Å²) in [5.74, 6) is -2.44. The molecule has 5 rings (SSSR count). The number of carbonyl (C=O) groups excluding carboxylic acids is 4. The lowest BCUT2D eigenvalue weighted by Crippen LogP contribution is -2.57. The number of likely N-dealkylation sites (tertiary alicyclic amines) is 1. The molecule has 2 fully saturated rings. The van der Waals surface area contributed by atoms with Gasteiger partial charge in [0.05, 0.1) is 24.9 Å². The number of nitrogens with zero attached hydrogens (tertiary/aromatic N) is 3. The van der Waals surface area contributed by atoms with Gasteiger partial charge in [0, 0.05) is 54.6 Å². The predicted octanol–water partition coefficient (Wildman–Crippen LogP) is 1.75. The lowest BCUT2D eigenvalue weighted by atomic mass is 10.1. The standard InChI is InChI=1S/C37H42N6O8/c1-5-24-19-37(24,36(48)49)41-34(46)31-17-26(21-43(31)35(47)30(39-22-44)20-38-33(45)12-9-15-42(2)3)51-32-18-28(23-10-7-6-8-11-23)40-29-16-25(50-4)13-14-27(29)32/h5-14,16,18,22,24,26,30-31H,1,15,17,19-21H2,2-4H3,(H,38,45)(H,39,44)(H,41,46)(H,48,49)/b12-9+/t24-,26-,30+,31+,37-/m1/s1. The first-order chi connectivity index (χ1) is 24.5. The number of carbonyl (C=O) groups is 5. The first-order valence-electron chi connectivity index (χ1n) is 16.5. The number of pyridine rings is 1. The molecule has 4 N–H and O–H groups in total. The maximum atomic E-state index is 14.1. The lowest BCUT2D eigenvalue weighted by Gasteiger charge is -2.28. The van der Waals surface area contributed by atoms with Gasteiger partial charge in [0.1, 0.15) is 35.2 Å². The van der Waals surface area contributed by atoms with E-state index in [0.29, 0.717) is 41.1 Å². The predicted molar refractivity (Wildman–Crippen MR) is 189 cm³/mol. The van der Waals surface area contributed by atoms with Crippen LogP contribution in [0.15, 0.2) is 79.4 Å². The Hall–Kier alpha value is -5.76. The van der Waals surface area contributed by atoms with Crippen molar-refractivity contribution in [1.29, 1.82) is 0 Å². The van der Waals surface area contributed by atoms with Crippen molar-refractivity contribution in [2.75, 3.05) is 40.8 Å². The molecular formula is C37H42N6O8. The average Bonchev–Trinajstić information content (AvgIpc) is 3.69. The van der Waals surface area contributed by atoms with Crippen LogP contribution in [0.4, 0.5) is 0 Å². The Kier molecular flexibility index (Phi) is 11.3. The van der Waals surface area contributed by atoms with Crippen molar-refractivity contribution < 1.29 is 38.6 Å². The summed E-state index contributed by atoms with van der Waals surface area (Å²) in [5.41, 5.74) is 0.535. The number of carboxylic acid groups (broad SMARTS) is 1. The number of aromatic nitrogens is 1. The van der Waals surface area contributed by atoms with Crippen molar-refractivity contribution in [2.24, 2.45) is 5.92 Å². The molecule has 14 nitrogen and oxygen atoms in total. The third-order valence-corrected chi connectivity index (χ3v) is 9.01. The van der Waals surface area contributed by atoms with Crippen molar-refractivity contribution in [1.82, 2.24) is 30.7 Å². The van der Waals surface area contributed by atoms with E-state index in [1.54, 1.807) is 31.4 Å². The van der Waals surface area contributed by atoms with Crippen molar-refractivity contribution in [3.05, 3.63) is 79.4 Å². The molecule has 1 saturated heterocycles. The molecule has 0 spiro atoms. The van der Waals surface area contributed by atoms with E-state index in [9.17, 15) is 29.1 Å². The van der Waals surface area contributed by atoms with E-state index in [1.165, 1.54) is 17.1 Å². The number of rotatable bonds is 16. The highest BCUT2D eigenvalue weighted by atomic mass is 16.5. The number of aliphatic carboxylic acids is 1. The van der Waals surface area contributed by atoms with E-state index in [0.717, 1.165) is 5.56 Å². The minimum absolute atomic E-state index is 0.0140. The molecular weight excluding hydrogens is 656 g/mol. The van der Waals surface area contributed by atoms with Crippen LogP contribution >= 0.6 is 0 Å². The van der Waals surface area contributed by atoms with Crippen LogP contribution < -0.4 is 25.4 Å². The second-order valence-electron chi connectivity index (χ2n) is 12.8. The highest BCUT2D eigenvalue weighted by Crippen LogP contribution is 2.45. The van der Waals surface area contributed by atoms with Gasteiger partial charge < -0.3 is 40.3 Å². The minimum Gasteiger partial charge on any atom is -0.497 e. The van der Waals surface area contributed by atoms with Gasteiger partial charge in [-0.1, -0.05) is 42.5 Å². The number of fused-ring (bicyclic) bond motifs is 1. The summed E-state index contributed by atoms with van der Waals surface area (Å²) in [4.78, 5) is 72.1. The van der Waals surface area contributed by atoms with E-state index in [4.69, 9.17) is 14.5 Å². The van der Waals surface area contributed by atoms with Crippen LogP contribution in [-0.4, -0.2) is 115 Å². The third kappa shape index (κ3) is 8.35. The van der Waals surface area contributed by atoms with Gasteiger partial charge in [-0.25, -0.2) is 9.78 Å². The Morgan fingerprint density at radius 1 is 1.16 bits per heavy atom. The van der Waals surface area contributed by atoms with Crippen LogP contribution in [0.25, 0.3) is 22.2 Å². The number of hydrogen-bond acceptors (Lipinski definition) is 9. The zero-order valence-electron chi connectivity index (χ0n) is 28.7. The summed E-state index contributed by atoms with van der Waals surface area (Å²) in [6.07, 6.45) is 4.25. The van der Waals surface area contributed by atoms with Crippen LogP contribution in [0.3, 0.4) is 0 Å². The molecule has 5 atom stereocenters. The highest BCUT2D eigenvalue weighted by Gasteiger charge is 2.61. The quantitative estimate of drug-likeness (QED) is 0.0979. The monoisotopic (exact) mass is 698 g/mol. The summed E-state index contributed by atoms with van der Waals surface area (Å²) in [5, 5.41) is 18.4. The number of carboxylic acids is 1. The van der Waals surface area contributed by atoms with Gasteiger partial charge in [0.15, 0.2) is 0 Å². The molecule has 1 saturated carbocycles. The number of nitrogens with one attached hydrogen (secondary N) is 3. The van der Waals surface area contributed by atoms with Gasteiger partial charge in [0.25, 0.3) is 0 Å². The van der Waals surface area contributed by atoms with Gasteiger partial charge in [-0.3, -0.25) is 19.2 Å². The number of ether oxygens (including phenoxy) is 2. The maximum Gasteiger partial charge on any atom is 0.330 e. The van der Waals surface area contributed by atoms with Crippen molar-refractivity contribution in [3.63, 3.8) is 0 Å². The van der Waals surface area contributed by atoms with Crippen molar-refractivity contribution in [3.8, 4) is 22.8 Å². The van der Waals surface area contributed by atoms with Crippen molar-refractivity contribution in [2.45, 2.75) is 36.6 Å². The molecule has 0 bridgehead atoms. The number of hydrogen-bond donors (Lipinski definition) is 4. The molecule has 1 aliphatic carbocycles. The fraction of sp³-hybridized carbons (Fsp3) is 0.351. The fourth-order valence-electron chi connectivity index (χ4n) is 6.16. The molecule has 2 aliphatic rings. The van der Waals surface area contributed by atoms with Gasteiger partial charge in [0.2, 0.25) is 24.1 Å². The molecule has 14 heteroatoms. The minimum atomic E-state index is -1.54. The van der Waals surface area contributed by atoms with Crippen molar-refractivity contribution >= 4 is 41.0 Å². The average molecular weight is 699 g/mol. The first-order valence-corrected chi connectivity index (χ1v) is 16.5. The summed E-state index contributed by atoms with van der Waals surface area (Å²) >= 11 is 0. The molecule has 2 heterocycles. The molecule has 268 valence electrons. The maximum absolute atomic E-state index is 14.1. The van der Waals surface area contributed by atoms with Crippen LogP contribution in [0, 0.1) is 5.92 Å². The van der Waals surface area contributed by atoms with Gasteiger partial charge >= 0.3 is 5.97 Å². The van der Waals surface area contributed by atoms with E-state index in [1.807, 2.05) is 55.4 Å². The molecule has 1 aliphatic heterocycles. The highest BCUT2D eigenvalue weighted by molar-refractivity contribution is 5.96. The van der Waals surface area contributed by atoms with Gasteiger partial charge in [-0.05, 0) is 32.6 Å². The molecule has 51 heavy (non-hydrogen) atoms. The zero-order chi connectivity index (χ0) is 36.7. The summed E-state index contributed by atoms with van der Waals surface area (Å²) in [7, 11) is 5.25. The third-order valence-electron chi connectivity index (χ3n) is 9.01. The Morgan fingerprint density at radius 2 is 1.92 bits per heavy atom. The second-order valence-corrected chi connectivity index (χ2v) is 12.8.